The summed E-state index contributed by atoms with van der Waals surface area (Å²) in [5.41, 5.74) is 0. The Bertz CT molecular complexity index is 592. The molecule has 0 amide bonds. The molecule has 0 aliphatic carbocycles. The van der Waals surface area contributed by atoms with Crippen LogP contribution >= 0.6 is 0 Å². The zero-order chi connectivity index (χ0) is 28.6. The van der Waals surface area contributed by atoms with Crippen molar-refractivity contribution >= 4 is 0 Å². The van der Waals surface area contributed by atoms with Gasteiger partial charge in [0.05, 0.1) is 0 Å². The van der Waals surface area contributed by atoms with Crippen molar-refractivity contribution in [3.63, 3.8) is 0 Å². The number of hydrogen-bond acceptors (Lipinski definition) is 1. The van der Waals surface area contributed by atoms with Gasteiger partial charge in [-0.3, -0.25) is 0 Å². The van der Waals surface area contributed by atoms with E-state index in [4.69, 9.17) is 0 Å². The summed E-state index contributed by atoms with van der Waals surface area (Å²) in [7, 11) is 0. The van der Waals surface area contributed by atoms with Gasteiger partial charge in [-0.2, -0.15) is 0 Å². The molecule has 2 nitrogen and oxygen atoms in total. The number of aromatic nitrogens is 2. The van der Waals surface area contributed by atoms with Crippen molar-refractivity contribution < 1.29 is 0 Å². The Labute approximate surface area is 253 Å². The van der Waals surface area contributed by atoms with E-state index in [-0.39, 0.29) is 0 Å². The van der Waals surface area contributed by atoms with Crippen LogP contribution in [0.25, 0.3) is 0 Å². The van der Waals surface area contributed by atoms with E-state index in [9.17, 15) is 0 Å². The molecule has 1 aromatic rings. The molecule has 2 heteroatoms. The zero-order valence-corrected chi connectivity index (χ0v) is 27.9. The van der Waals surface area contributed by atoms with E-state index in [0.29, 0.717) is 0 Å². The van der Waals surface area contributed by atoms with E-state index in [1.54, 1.807) is 0 Å². The molecular formula is C38H74N2. The maximum absolute atomic E-state index is 4.67. The Hall–Kier alpha value is -0.790. The summed E-state index contributed by atoms with van der Waals surface area (Å²) < 4.78 is 2.44. The summed E-state index contributed by atoms with van der Waals surface area (Å²) in [4.78, 5) is 4.67. The molecule has 1 heterocycles. The van der Waals surface area contributed by atoms with Crippen LogP contribution in [0.15, 0.2) is 12.4 Å². The topological polar surface area (TPSA) is 17.8 Å². The monoisotopic (exact) mass is 559 g/mol. The Kier molecular flexibility index (Phi) is 29.0. The van der Waals surface area contributed by atoms with Crippen molar-refractivity contribution in [2.24, 2.45) is 0 Å². The molecule has 0 atom stereocenters. The second-order valence-corrected chi connectivity index (χ2v) is 13.0. The first-order chi connectivity index (χ1) is 19.9. The molecule has 0 spiro atoms. The number of aryl methyl sites for hydroxylation is 2. The smallest absolute Gasteiger partial charge is 0.108 e. The molecule has 0 unspecified atom stereocenters. The van der Waals surface area contributed by atoms with Crippen LogP contribution in [0.4, 0.5) is 0 Å². The molecule has 0 N–H and O–H groups in total. The lowest BCUT2D eigenvalue weighted by atomic mass is 10.0. The van der Waals surface area contributed by atoms with E-state index in [1.165, 1.54) is 218 Å². The number of nitrogens with zero attached hydrogens (tertiary/aromatic N) is 2. The fourth-order valence-electron chi connectivity index (χ4n) is 6.26. The van der Waals surface area contributed by atoms with Crippen LogP contribution in [0.5, 0.6) is 0 Å². The summed E-state index contributed by atoms with van der Waals surface area (Å²) in [5.74, 6) is 1.33. The van der Waals surface area contributed by atoms with Crippen molar-refractivity contribution in [1.29, 1.82) is 0 Å². The predicted molar refractivity (Wildman–Crippen MR) is 180 cm³/mol. The van der Waals surface area contributed by atoms with Gasteiger partial charge in [0.2, 0.25) is 0 Å². The van der Waals surface area contributed by atoms with E-state index in [0.717, 1.165) is 0 Å². The lowest BCUT2D eigenvalue weighted by Crippen LogP contribution is -2.03. The number of imidazole rings is 1. The Morgan fingerprint density at radius 2 is 0.700 bits per heavy atom. The molecule has 0 bridgehead atoms. The second kappa shape index (κ2) is 31.2. The van der Waals surface area contributed by atoms with Gasteiger partial charge < -0.3 is 4.57 Å². The lowest BCUT2D eigenvalue weighted by Gasteiger charge is -2.08. The normalized spacial score (nSPS) is 11.6. The molecule has 0 saturated heterocycles. The van der Waals surface area contributed by atoms with E-state index < -0.39 is 0 Å². The number of hydrogen-bond donors (Lipinski definition) is 0. The Balaban J connectivity index is 1.83. The van der Waals surface area contributed by atoms with Crippen molar-refractivity contribution in [3.05, 3.63) is 18.2 Å². The zero-order valence-electron chi connectivity index (χ0n) is 27.9. The minimum atomic E-state index is 1.17. The quantitative estimate of drug-likeness (QED) is 0.0784. The highest BCUT2D eigenvalue weighted by Gasteiger charge is 2.03. The molecule has 0 fully saturated rings. The van der Waals surface area contributed by atoms with Crippen LogP contribution in [0.2, 0.25) is 0 Å². The highest BCUT2D eigenvalue weighted by molar-refractivity contribution is 4.92. The SMILES string of the molecule is CCCCCCCCCCCCCCCCCCn1ccnc1CCCCCCCCCCCCCCCCC. The maximum atomic E-state index is 4.67. The van der Waals surface area contributed by atoms with Gasteiger partial charge in [0, 0.05) is 25.4 Å². The minimum Gasteiger partial charge on any atom is -0.335 e. The molecule has 1 aromatic heterocycles. The van der Waals surface area contributed by atoms with Gasteiger partial charge in [-0.1, -0.05) is 200 Å². The van der Waals surface area contributed by atoms with Gasteiger partial charge in [-0.25, -0.2) is 4.98 Å². The molecule has 0 saturated carbocycles. The van der Waals surface area contributed by atoms with Crippen LogP contribution in [-0.2, 0) is 13.0 Å². The van der Waals surface area contributed by atoms with Crippen LogP contribution in [0.1, 0.15) is 219 Å². The third-order valence-corrected chi connectivity index (χ3v) is 9.06. The largest absolute Gasteiger partial charge is 0.335 e. The molecule has 0 aromatic carbocycles. The average molecular weight is 559 g/mol. The van der Waals surface area contributed by atoms with Crippen LogP contribution in [-0.4, -0.2) is 9.55 Å². The summed E-state index contributed by atoms with van der Waals surface area (Å²) in [6.07, 6.45) is 49.9. The lowest BCUT2D eigenvalue weighted by molar-refractivity contribution is 0.513. The first-order valence-corrected chi connectivity index (χ1v) is 18.9. The van der Waals surface area contributed by atoms with Gasteiger partial charge in [0.25, 0.3) is 0 Å². The molecule has 1 rings (SSSR count). The van der Waals surface area contributed by atoms with Crippen molar-refractivity contribution in [3.8, 4) is 0 Å². The summed E-state index contributed by atoms with van der Waals surface area (Å²) >= 11 is 0. The first-order valence-electron chi connectivity index (χ1n) is 18.9. The molecule has 0 aliphatic heterocycles. The fourth-order valence-corrected chi connectivity index (χ4v) is 6.26. The highest BCUT2D eigenvalue weighted by Crippen LogP contribution is 2.16. The maximum Gasteiger partial charge on any atom is 0.108 e. The van der Waals surface area contributed by atoms with Gasteiger partial charge >= 0.3 is 0 Å². The highest BCUT2D eigenvalue weighted by atomic mass is 15.1. The van der Waals surface area contributed by atoms with E-state index in [2.05, 4.69) is 29.6 Å². The molecular weight excluding hydrogens is 484 g/mol. The third kappa shape index (κ3) is 25.0. The summed E-state index contributed by atoms with van der Waals surface area (Å²) in [6, 6.07) is 0. The first kappa shape index (κ1) is 37.2. The molecule has 236 valence electrons. The molecule has 0 radical (unpaired) electrons. The second-order valence-electron chi connectivity index (χ2n) is 13.0. The standard InChI is InChI=1S/C38H74N2/c1-3-5-7-9-11-13-15-17-19-21-23-25-27-29-31-33-36-40-37-35-39-38(40)34-32-30-28-26-24-22-20-18-16-14-12-10-8-6-4-2/h35,37H,3-34,36H2,1-2H3. The van der Waals surface area contributed by atoms with Crippen molar-refractivity contribution in [2.45, 2.75) is 226 Å². The summed E-state index contributed by atoms with van der Waals surface area (Å²) in [6.45, 7) is 5.78. The number of rotatable bonds is 33. The summed E-state index contributed by atoms with van der Waals surface area (Å²) in [5, 5.41) is 0. The van der Waals surface area contributed by atoms with Gasteiger partial charge in [-0.15, -0.1) is 0 Å². The van der Waals surface area contributed by atoms with Crippen LogP contribution in [0, 0.1) is 0 Å². The van der Waals surface area contributed by atoms with Crippen molar-refractivity contribution in [1.82, 2.24) is 9.55 Å². The van der Waals surface area contributed by atoms with Gasteiger partial charge in [-0.05, 0) is 12.8 Å². The predicted octanol–water partition coefficient (Wildman–Crippen LogP) is 13.6. The molecule has 0 aliphatic rings. The van der Waals surface area contributed by atoms with Crippen LogP contribution < -0.4 is 0 Å². The van der Waals surface area contributed by atoms with Crippen molar-refractivity contribution in [2.75, 3.05) is 0 Å². The average Bonchev–Trinajstić information content (AvgIpc) is 3.42. The van der Waals surface area contributed by atoms with Gasteiger partial charge in [0.1, 0.15) is 5.82 Å². The fraction of sp³-hybridized carbons (Fsp3) is 0.921. The number of unbranched alkanes of at least 4 members (excludes halogenated alkanes) is 29. The Morgan fingerprint density at radius 1 is 0.400 bits per heavy atom. The third-order valence-electron chi connectivity index (χ3n) is 9.06. The molecule has 40 heavy (non-hydrogen) atoms. The van der Waals surface area contributed by atoms with E-state index in [1.807, 2.05) is 6.20 Å². The Morgan fingerprint density at radius 3 is 1.05 bits per heavy atom. The van der Waals surface area contributed by atoms with Gasteiger partial charge in [0.15, 0.2) is 0 Å². The van der Waals surface area contributed by atoms with Crippen LogP contribution in [0.3, 0.4) is 0 Å². The van der Waals surface area contributed by atoms with E-state index >= 15 is 0 Å². The minimum absolute atomic E-state index is 1.17.